The van der Waals surface area contributed by atoms with Crippen molar-refractivity contribution >= 4 is 29.2 Å². The first-order chi connectivity index (χ1) is 9.95. The second-order valence-corrected chi connectivity index (χ2v) is 5.54. The summed E-state index contributed by atoms with van der Waals surface area (Å²) in [6.07, 6.45) is -0.842. The average molecular weight is 325 g/mol. The third kappa shape index (κ3) is 4.38. The summed E-state index contributed by atoms with van der Waals surface area (Å²) in [5.41, 5.74) is 1.76. The predicted molar refractivity (Wildman–Crippen MR) is 83.4 cm³/mol. The summed E-state index contributed by atoms with van der Waals surface area (Å²) >= 11 is 11.9. The fourth-order valence-electron chi connectivity index (χ4n) is 1.85. The Morgan fingerprint density at radius 2 is 1.86 bits per heavy atom. The van der Waals surface area contributed by atoms with Crippen LogP contribution < -0.4 is 4.74 Å². The summed E-state index contributed by atoms with van der Waals surface area (Å²) in [6.45, 7) is 1.95. The van der Waals surface area contributed by atoms with E-state index in [4.69, 9.17) is 27.9 Å². The van der Waals surface area contributed by atoms with Gasteiger partial charge in [0.25, 0.3) is 0 Å². The van der Waals surface area contributed by atoms with E-state index in [0.29, 0.717) is 21.4 Å². The van der Waals surface area contributed by atoms with E-state index >= 15 is 0 Å². The lowest BCUT2D eigenvalue weighted by Gasteiger charge is -2.16. The number of ether oxygens (including phenoxy) is 1. The number of halogens is 2. The maximum absolute atomic E-state index is 11.4. The zero-order chi connectivity index (χ0) is 15.4. The molecule has 0 fully saturated rings. The first-order valence-electron chi connectivity index (χ1n) is 6.36. The molecule has 0 spiro atoms. The minimum absolute atomic E-state index is 0.166. The molecule has 0 aromatic heterocycles. The summed E-state index contributed by atoms with van der Waals surface area (Å²) in [5.74, 6) is -0.528. The normalized spacial score (nSPS) is 12.0. The first-order valence-corrected chi connectivity index (χ1v) is 7.11. The highest BCUT2D eigenvalue weighted by atomic mass is 35.5. The molecule has 0 aliphatic carbocycles. The molecule has 2 aromatic rings. The lowest BCUT2D eigenvalue weighted by molar-refractivity contribution is -0.145. The standard InChI is InChI=1S/C16H14Cl2O3/c1-10-2-6-13(7-3-10)21-15(16(19)20)8-11-4-5-12(17)9-14(11)18/h2-7,9,15H,8H2,1H3,(H,19,20). The van der Waals surface area contributed by atoms with Gasteiger partial charge >= 0.3 is 5.97 Å². The van der Waals surface area contributed by atoms with Crippen LogP contribution in [0.15, 0.2) is 42.5 Å². The fraction of sp³-hybridized carbons (Fsp3) is 0.188. The van der Waals surface area contributed by atoms with E-state index < -0.39 is 12.1 Å². The van der Waals surface area contributed by atoms with E-state index in [1.807, 2.05) is 19.1 Å². The third-order valence-electron chi connectivity index (χ3n) is 3.00. The molecule has 2 aromatic carbocycles. The lowest BCUT2D eigenvalue weighted by atomic mass is 10.1. The number of carboxylic acid groups (broad SMARTS) is 1. The number of hydrogen-bond donors (Lipinski definition) is 1. The van der Waals surface area contributed by atoms with E-state index in [9.17, 15) is 9.90 Å². The highest BCUT2D eigenvalue weighted by Gasteiger charge is 2.21. The molecule has 0 radical (unpaired) electrons. The monoisotopic (exact) mass is 324 g/mol. The molecule has 1 atom stereocenters. The Kier molecular flexibility index (Phi) is 5.10. The van der Waals surface area contributed by atoms with Gasteiger partial charge in [-0.1, -0.05) is 47.0 Å². The lowest BCUT2D eigenvalue weighted by Crippen LogP contribution is -2.29. The molecule has 21 heavy (non-hydrogen) atoms. The minimum Gasteiger partial charge on any atom is -0.478 e. The molecule has 0 aliphatic rings. The molecular formula is C16H14Cl2O3. The quantitative estimate of drug-likeness (QED) is 0.887. The van der Waals surface area contributed by atoms with Crippen molar-refractivity contribution in [2.24, 2.45) is 0 Å². The molecular weight excluding hydrogens is 311 g/mol. The van der Waals surface area contributed by atoms with Crippen molar-refractivity contribution < 1.29 is 14.6 Å². The second kappa shape index (κ2) is 6.83. The van der Waals surface area contributed by atoms with Gasteiger partial charge in [0, 0.05) is 16.5 Å². The highest BCUT2D eigenvalue weighted by Crippen LogP contribution is 2.23. The molecule has 1 unspecified atom stereocenters. The van der Waals surface area contributed by atoms with Crippen LogP contribution in [0, 0.1) is 6.92 Å². The topological polar surface area (TPSA) is 46.5 Å². The highest BCUT2D eigenvalue weighted by molar-refractivity contribution is 6.35. The van der Waals surface area contributed by atoms with E-state index in [0.717, 1.165) is 5.56 Å². The van der Waals surface area contributed by atoms with E-state index in [2.05, 4.69) is 0 Å². The van der Waals surface area contributed by atoms with Gasteiger partial charge in [-0.2, -0.15) is 0 Å². The van der Waals surface area contributed by atoms with Crippen molar-refractivity contribution in [1.82, 2.24) is 0 Å². The van der Waals surface area contributed by atoms with Crippen LogP contribution in [0.3, 0.4) is 0 Å². The molecule has 5 heteroatoms. The van der Waals surface area contributed by atoms with Gasteiger partial charge in [0.15, 0.2) is 6.10 Å². The smallest absolute Gasteiger partial charge is 0.345 e. The Hall–Kier alpha value is -1.71. The van der Waals surface area contributed by atoms with Crippen LogP contribution in [0.4, 0.5) is 0 Å². The Balaban J connectivity index is 2.15. The molecule has 0 saturated carbocycles. The van der Waals surface area contributed by atoms with Crippen molar-refractivity contribution in [1.29, 1.82) is 0 Å². The van der Waals surface area contributed by atoms with Gasteiger partial charge in [0.2, 0.25) is 0 Å². The Morgan fingerprint density at radius 1 is 1.19 bits per heavy atom. The van der Waals surface area contributed by atoms with Crippen molar-refractivity contribution in [3.8, 4) is 5.75 Å². The van der Waals surface area contributed by atoms with Gasteiger partial charge in [0.1, 0.15) is 5.75 Å². The van der Waals surface area contributed by atoms with E-state index in [-0.39, 0.29) is 6.42 Å². The number of aryl methyl sites for hydroxylation is 1. The maximum Gasteiger partial charge on any atom is 0.345 e. The van der Waals surface area contributed by atoms with Crippen LogP contribution in [-0.4, -0.2) is 17.2 Å². The first kappa shape index (κ1) is 15.7. The van der Waals surface area contributed by atoms with Gasteiger partial charge in [0.05, 0.1) is 0 Å². The van der Waals surface area contributed by atoms with Gasteiger partial charge in [-0.05, 0) is 36.8 Å². The van der Waals surface area contributed by atoms with Crippen LogP contribution in [0.5, 0.6) is 5.75 Å². The third-order valence-corrected chi connectivity index (χ3v) is 3.58. The largest absolute Gasteiger partial charge is 0.478 e. The number of carboxylic acids is 1. The van der Waals surface area contributed by atoms with Gasteiger partial charge < -0.3 is 9.84 Å². The Morgan fingerprint density at radius 3 is 2.43 bits per heavy atom. The minimum atomic E-state index is -1.04. The number of carbonyl (C=O) groups is 1. The number of hydrogen-bond acceptors (Lipinski definition) is 2. The van der Waals surface area contributed by atoms with Crippen LogP contribution in [0.2, 0.25) is 10.0 Å². The van der Waals surface area contributed by atoms with Crippen LogP contribution in [0.25, 0.3) is 0 Å². The molecule has 0 amide bonds. The molecule has 0 bridgehead atoms. The van der Waals surface area contributed by atoms with E-state index in [1.54, 1.807) is 30.3 Å². The molecule has 110 valence electrons. The molecule has 0 saturated heterocycles. The Bertz CT molecular complexity index is 638. The molecule has 2 rings (SSSR count). The SMILES string of the molecule is Cc1ccc(OC(Cc2ccc(Cl)cc2Cl)C(=O)O)cc1. The maximum atomic E-state index is 11.4. The molecule has 1 N–H and O–H groups in total. The summed E-state index contributed by atoms with van der Waals surface area (Å²) in [5, 5.41) is 10.2. The van der Waals surface area contributed by atoms with Crippen LogP contribution in [-0.2, 0) is 11.2 Å². The summed E-state index contributed by atoms with van der Waals surface area (Å²) < 4.78 is 5.53. The Labute approximate surface area is 133 Å². The second-order valence-electron chi connectivity index (χ2n) is 4.70. The molecule has 0 aliphatic heterocycles. The summed E-state index contributed by atoms with van der Waals surface area (Å²) in [7, 11) is 0. The zero-order valence-corrected chi connectivity index (χ0v) is 12.9. The van der Waals surface area contributed by atoms with Crippen LogP contribution in [0.1, 0.15) is 11.1 Å². The van der Waals surface area contributed by atoms with Gasteiger partial charge in [-0.15, -0.1) is 0 Å². The van der Waals surface area contributed by atoms with Gasteiger partial charge in [-0.3, -0.25) is 0 Å². The van der Waals surface area contributed by atoms with Crippen LogP contribution >= 0.6 is 23.2 Å². The van der Waals surface area contributed by atoms with Crippen molar-refractivity contribution in [2.75, 3.05) is 0 Å². The molecule has 0 heterocycles. The number of rotatable bonds is 5. The van der Waals surface area contributed by atoms with Gasteiger partial charge in [-0.25, -0.2) is 4.79 Å². The average Bonchev–Trinajstić information content (AvgIpc) is 2.43. The van der Waals surface area contributed by atoms with Crippen molar-refractivity contribution in [3.63, 3.8) is 0 Å². The number of aliphatic carboxylic acids is 1. The summed E-state index contributed by atoms with van der Waals surface area (Å²) in [6, 6.07) is 12.2. The number of benzene rings is 2. The fourth-order valence-corrected chi connectivity index (χ4v) is 2.33. The van der Waals surface area contributed by atoms with E-state index in [1.165, 1.54) is 0 Å². The van der Waals surface area contributed by atoms with Crippen molar-refractivity contribution in [2.45, 2.75) is 19.4 Å². The molecule has 3 nitrogen and oxygen atoms in total. The zero-order valence-electron chi connectivity index (χ0n) is 11.3. The van der Waals surface area contributed by atoms with Crippen molar-refractivity contribution in [3.05, 3.63) is 63.6 Å². The predicted octanol–water partition coefficient (Wildman–Crippen LogP) is 4.38. The summed E-state index contributed by atoms with van der Waals surface area (Å²) in [4.78, 5) is 11.4.